The van der Waals surface area contributed by atoms with Gasteiger partial charge in [0.1, 0.15) is 11.6 Å². The average molecular weight is 334 g/mol. The zero-order chi connectivity index (χ0) is 16.9. The van der Waals surface area contributed by atoms with Gasteiger partial charge < -0.3 is 10.1 Å². The SMILES string of the molecule is CC(F)(F)C1(OCC2CC2)c2cc(F)ccc2Nc2ncccc21. The summed E-state index contributed by atoms with van der Waals surface area (Å²) < 4.78 is 49.6. The van der Waals surface area contributed by atoms with Crippen LogP contribution in [0.5, 0.6) is 0 Å². The summed E-state index contributed by atoms with van der Waals surface area (Å²) in [7, 11) is 0. The predicted octanol–water partition coefficient (Wildman–Crippen LogP) is 4.60. The molecule has 2 aromatic rings. The van der Waals surface area contributed by atoms with Gasteiger partial charge in [0.15, 0.2) is 5.60 Å². The Labute approximate surface area is 137 Å². The fourth-order valence-corrected chi connectivity index (χ4v) is 3.26. The standard InChI is InChI=1S/C18H17F3N2O/c1-17(20,21)18(24-10-11-4-5-11)13-3-2-8-22-16(13)23-15-7-6-12(19)9-14(15)18/h2-3,6-9,11H,4-5,10H2,1H3,(H,22,23). The van der Waals surface area contributed by atoms with Gasteiger partial charge in [0.25, 0.3) is 5.92 Å². The van der Waals surface area contributed by atoms with Gasteiger partial charge in [0.05, 0.1) is 6.61 Å². The van der Waals surface area contributed by atoms with Crippen LogP contribution in [0.25, 0.3) is 0 Å². The number of alkyl halides is 2. The van der Waals surface area contributed by atoms with Crippen LogP contribution in [0.4, 0.5) is 24.7 Å². The van der Waals surface area contributed by atoms with Crippen LogP contribution in [0.1, 0.15) is 30.9 Å². The molecule has 1 aromatic heterocycles. The Bertz CT molecular complexity index is 786. The molecule has 1 unspecified atom stereocenters. The Morgan fingerprint density at radius 2 is 2.08 bits per heavy atom. The summed E-state index contributed by atoms with van der Waals surface area (Å²) in [6.45, 7) is 1.03. The molecule has 1 fully saturated rings. The van der Waals surface area contributed by atoms with Crippen molar-refractivity contribution in [2.45, 2.75) is 31.3 Å². The van der Waals surface area contributed by atoms with Crippen molar-refractivity contribution >= 4 is 11.5 Å². The fourth-order valence-electron chi connectivity index (χ4n) is 3.26. The molecule has 6 heteroatoms. The molecule has 126 valence electrons. The molecule has 2 heterocycles. The van der Waals surface area contributed by atoms with E-state index in [-0.39, 0.29) is 23.7 Å². The maximum absolute atomic E-state index is 14.9. The summed E-state index contributed by atoms with van der Waals surface area (Å²) in [6, 6.07) is 6.96. The van der Waals surface area contributed by atoms with Crippen LogP contribution in [-0.2, 0) is 10.3 Å². The first-order valence-electron chi connectivity index (χ1n) is 7.96. The second-order valence-electron chi connectivity index (χ2n) is 6.54. The van der Waals surface area contributed by atoms with Crippen molar-refractivity contribution in [3.05, 3.63) is 53.5 Å². The lowest BCUT2D eigenvalue weighted by molar-refractivity contribution is -0.185. The Kier molecular flexibility index (Phi) is 3.35. The first-order valence-corrected chi connectivity index (χ1v) is 7.96. The van der Waals surface area contributed by atoms with Crippen molar-refractivity contribution in [3.8, 4) is 0 Å². The van der Waals surface area contributed by atoms with E-state index in [0.717, 1.165) is 25.8 Å². The second kappa shape index (κ2) is 5.21. The Morgan fingerprint density at radius 3 is 2.79 bits per heavy atom. The third-order valence-corrected chi connectivity index (χ3v) is 4.65. The molecule has 1 saturated carbocycles. The minimum Gasteiger partial charge on any atom is -0.359 e. The number of pyridine rings is 1. The van der Waals surface area contributed by atoms with E-state index >= 15 is 0 Å². The molecule has 3 nitrogen and oxygen atoms in total. The predicted molar refractivity (Wildman–Crippen MR) is 84.0 cm³/mol. The molecule has 1 aliphatic heterocycles. The summed E-state index contributed by atoms with van der Waals surface area (Å²) in [5.41, 5.74) is -1.32. The first kappa shape index (κ1) is 15.4. The summed E-state index contributed by atoms with van der Waals surface area (Å²) in [5.74, 6) is -3.23. The van der Waals surface area contributed by atoms with Gasteiger partial charge >= 0.3 is 0 Å². The van der Waals surface area contributed by atoms with Crippen molar-refractivity contribution < 1.29 is 17.9 Å². The second-order valence-corrected chi connectivity index (χ2v) is 6.54. The summed E-state index contributed by atoms with van der Waals surface area (Å²) in [6.07, 6.45) is 3.47. The first-order chi connectivity index (χ1) is 11.4. The lowest BCUT2D eigenvalue weighted by Gasteiger charge is -2.43. The lowest BCUT2D eigenvalue weighted by atomic mass is 9.78. The highest BCUT2D eigenvalue weighted by atomic mass is 19.3. The molecule has 0 radical (unpaired) electrons. The van der Waals surface area contributed by atoms with E-state index in [9.17, 15) is 13.2 Å². The highest BCUT2D eigenvalue weighted by Crippen LogP contribution is 2.54. The monoisotopic (exact) mass is 334 g/mol. The molecule has 0 spiro atoms. The highest BCUT2D eigenvalue weighted by molar-refractivity contribution is 5.73. The van der Waals surface area contributed by atoms with Gasteiger partial charge in [0, 0.05) is 29.9 Å². The zero-order valence-electron chi connectivity index (χ0n) is 13.2. The van der Waals surface area contributed by atoms with E-state index in [4.69, 9.17) is 4.74 Å². The van der Waals surface area contributed by atoms with Crippen molar-refractivity contribution in [1.29, 1.82) is 0 Å². The van der Waals surface area contributed by atoms with Gasteiger partial charge in [0.2, 0.25) is 0 Å². The van der Waals surface area contributed by atoms with E-state index in [1.165, 1.54) is 18.3 Å². The molecule has 4 rings (SSSR count). The van der Waals surface area contributed by atoms with E-state index in [2.05, 4.69) is 10.3 Å². The molecule has 1 aromatic carbocycles. The van der Waals surface area contributed by atoms with Gasteiger partial charge in [-0.2, -0.15) is 0 Å². The van der Waals surface area contributed by atoms with E-state index in [0.29, 0.717) is 11.5 Å². The third-order valence-electron chi connectivity index (χ3n) is 4.65. The number of nitrogens with one attached hydrogen (secondary N) is 1. The number of hydrogen-bond acceptors (Lipinski definition) is 3. The summed E-state index contributed by atoms with van der Waals surface area (Å²) in [4.78, 5) is 4.17. The van der Waals surface area contributed by atoms with Crippen LogP contribution in [-0.4, -0.2) is 17.5 Å². The third kappa shape index (κ3) is 2.28. The van der Waals surface area contributed by atoms with Crippen molar-refractivity contribution in [2.24, 2.45) is 5.92 Å². The molecular formula is C18H17F3N2O. The zero-order valence-corrected chi connectivity index (χ0v) is 13.2. The molecular weight excluding hydrogens is 317 g/mol. The minimum absolute atomic E-state index is 0.108. The fraction of sp³-hybridized carbons (Fsp3) is 0.389. The number of halogens is 3. The summed E-state index contributed by atoms with van der Waals surface area (Å²) in [5, 5.41) is 3.01. The molecule has 1 N–H and O–H groups in total. The Balaban J connectivity index is 1.96. The number of aromatic nitrogens is 1. The largest absolute Gasteiger partial charge is 0.359 e. The number of hydrogen-bond donors (Lipinski definition) is 1. The Hall–Kier alpha value is -2.08. The minimum atomic E-state index is -3.26. The molecule has 0 bridgehead atoms. The molecule has 0 saturated heterocycles. The van der Waals surface area contributed by atoms with Gasteiger partial charge in [-0.25, -0.2) is 18.2 Å². The van der Waals surface area contributed by atoms with Gasteiger partial charge in [-0.15, -0.1) is 0 Å². The van der Waals surface area contributed by atoms with Crippen LogP contribution in [0.3, 0.4) is 0 Å². The van der Waals surface area contributed by atoms with E-state index in [1.807, 2.05) is 0 Å². The lowest BCUT2D eigenvalue weighted by Crippen LogP contribution is -2.49. The molecule has 0 amide bonds. The van der Waals surface area contributed by atoms with Crippen LogP contribution >= 0.6 is 0 Å². The maximum Gasteiger partial charge on any atom is 0.282 e. The van der Waals surface area contributed by atoms with Crippen LogP contribution in [0.2, 0.25) is 0 Å². The average Bonchev–Trinajstić information content (AvgIpc) is 3.35. The maximum atomic E-state index is 14.9. The van der Waals surface area contributed by atoms with Crippen molar-refractivity contribution in [1.82, 2.24) is 4.98 Å². The van der Waals surface area contributed by atoms with Crippen LogP contribution in [0.15, 0.2) is 36.5 Å². The Morgan fingerprint density at radius 1 is 1.29 bits per heavy atom. The number of anilines is 2. The van der Waals surface area contributed by atoms with Crippen LogP contribution in [0, 0.1) is 11.7 Å². The van der Waals surface area contributed by atoms with Gasteiger partial charge in [-0.1, -0.05) is 6.07 Å². The van der Waals surface area contributed by atoms with Gasteiger partial charge in [-0.3, -0.25) is 0 Å². The number of rotatable bonds is 4. The number of nitrogens with zero attached hydrogens (tertiary/aromatic N) is 1. The molecule has 1 atom stereocenters. The highest BCUT2D eigenvalue weighted by Gasteiger charge is 2.58. The topological polar surface area (TPSA) is 34.1 Å². The number of benzene rings is 1. The smallest absolute Gasteiger partial charge is 0.282 e. The van der Waals surface area contributed by atoms with Crippen molar-refractivity contribution in [3.63, 3.8) is 0 Å². The summed E-state index contributed by atoms with van der Waals surface area (Å²) >= 11 is 0. The normalized spacial score (nSPS) is 22.5. The number of ether oxygens (including phenoxy) is 1. The number of fused-ring (bicyclic) bond motifs is 2. The van der Waals surface area contributed by atoms with Crippen molar-refractivity contribution in [2.75, 3.05) is 11.9 Å². The van der Waals surface area contributed by atoms with E-state index < -0.39 is 17.3 Å². The van der Waals surface area contributed by atoms with Crippen LogP contribution < -0.4 is 5.32 Å². The molecule has 2 aliphatic rings. The van der Waals surface area contributed by atoms with Gasteiger partial charge in [-0.05, 0) is 43.0 Å². The molecule has 1 aliphatic carbocycles. The molecule has 24 heavy (non-hydrogen) atoms. The van der Waals surface area contributed by atoms with E-state index in [1.54, 1.807) is 12.1 Å². The quantitative estimate of drug-likeness (QED) is 0.887.